The third-order valence-corrected chi connectivity index (χ3v) is 8.89. The van der Waals surface area contributed by atoms with Gasteiger partial charge in [-0.1, -0.05) is 48.5 Å². The van der Waals surface area contributed by atoms with Gasteiger partial charge in [-0.2, -0.15) is 0 Å². The van der Waals surface area contributed by atoms with Crippen molar-refractivity contribution < 1.29 is 19.5 Å². The van der Waals surface area contributed by atoms with Crippen LogP contribution in [0.15, 0.2) is 23.1 Å². The van der Waals surface area contributed by atoms with Gasteiger partial charge in [-0.3, -0.25) is 14.4 Å². The molecule has 1 saturated heterocycles. The zero-order valence-electron chi connectivity index (χ0n) is 19.4. The molecule has 1 aromatic rings. The Hall–Kier alpha value is -1.70. The van der Waals surface area contributed by atoms with Crippen LogP contribution in [0, 0.1) is 11.8 Å². The van der Waals surface area contributed by atoms with Crippen molar-refractivity contribution in [3.8, 4) is 0 Å². The number of carbonyl (C=O) groups excluding carboxylic acids is 2. The van der Waals surface area contributed by atoms with Crippen molar-refractivity contribution in [3.05, 3.63) is 33.8 Å². The Labute approximate surface area is 215 Å². The highest BCUT2D eigenvalue weighted by Gasteiger charge is 2.28. The summed E-state index contributed by atoms with van der Waals surface area (Å²) >= 11 is 14.8. The molecule has 1 aromatic carbocycles. The third kappa shape index (κ3) is 7.40. The van der Waals surface area contributed by atoms with Crippen molar-refractivity contribution in [1.82, 2.24) is 10.2 Å². The summed E-state index contributed by atoms with van der Waals surface area (Å²) < 4.78 is 0. The average Bonchev–Trinajstić information content (AvgIpc) is 2.84. The summed E-state index contributed by atoms with van der Waals surface area (Å²) in [5.74, 6) is -0.00227. The molecule has 2 aliphatic rings. The number of carboxylic acid groups (broad SMARTS) is 1. The van der Waals surface area contributed by atoms with Crippen LogP contribution >= 0.6 is 35.0 Å². The molecule has 2 N–H and O–H groups in total. The van der Waals surface area contributed by atoms with E-state index in [2.05, 4.69) is 5.32 Å². The van der Waals surface area contributed by atoms with Gasteiger partial charge in [-0.15, -0.1) is 11.8 Å². The van der Waals surface area contributed by atoms with E-state index in [4.69, 9.17) is 28.3 Å². The van der Waals surface area contributed by atoms with Gasteiger partial charge in [0.2, 0.25) is 11.8 Å². The van der Waals surface area contributed by atoms with Crippen molar-refractivity contribution in [2.75, 3.05) is 18.8 Å². The van der Waals surface area contributed by atoms with Crippen molar-refractivity contribution in [2.24, 2.45) is 11.8 Å². The van der Waals surface area contributed by atoms with Crippen LogP contribution in [0.5, 0.6) is 0 Å². The first-order chi connectivity index (χ1) is 16.3. The maximum atomic E-state index is 12.6. The molecule has 0 spiro atoms. The highest BCUT2D eigenvalue weighted by atomic mass is 35.5. The van der Waals surface area contributed by atoms with Crippen LogP contribution in [0.3, 0.4) is 0 Å². The standard InChI is InChI=1S/C25H32Cl2N2O4S/c1-16(25(32)33)28-24(31)19-11-13-29(14-12-19)21(30)10-8-18-7-9-20(23(27)22(18)26)34-15-17-5-3-2-4-6-17/h7-10,16-17,19H,2-6,11-15H2,1H3,(H,28,31)(H,32,33)/b10-8+/t16-/m0/s1. The molecule has 1 aliphatic carbocycles. The zero-order valence-corrected chi connectivity index (χ0v) is 21.7. The molecule has 6 nitrogen and oxygen atoms in total. The van der Waals surface area contributed by atoms with Crippen molar-refractivity contribution in [2.45, 2.75) is 62.8 Å². The topological polar surface area (TPSA) is 86.7 Å². The van der Waals surface area contributed by atoms with Crippen LogP contribution in [-0.4, -0.2) is 52.7 Å². The second kappa shape index (κ2) is 12.8. The molecule has 3 rings (SSSR count). The first kappa shape index (κ1) is 26.9. The van der Waals surface area contributed by atoms with Gasteiger partial charge >= 0.3 is 5.97 Å². The third-order valence-electron chi connectivity index (χ3n) is 6.59. The lowest BCUT2D eigenvalue weighted by atomic mass is 9.91. The number of amides is 2. The summed E-state index contributed by atoms with van der Waals surface area (Å²) in [5, 5.41) is 12.4. The maximum absolute atomic E-state index is 12.6. The van der Waals surface area contributed by atoms with Gasteiger partial charge in [-0.25, -0.2) is 0 Å². The smallest absolute Gasteiger partial charge is 0.325 e. The number of likely N-dealkylation sites (tertiary alicyclic amines) is 1. The van der Waals surface area contributed by atoms with E-state index in [0.29, 0.717) is 41.5 Å². The Balaban J connectivity index is 1.51. The lowest BCUT2D eigenvalue weighted by molar-refractivity contribution is -0.142. The molecule has 2 amide bonds. The van der Waals surface area contributed by atoms with Crippen molar-refractivity contribution in [1.29, 1.82) is 0 Å². The predicted molar refractivity (Wildman–Crippen MR) is 137 cm³/mol. The largest absolute Gasteiger partial charge is 0.480 e. The molecule has 1 saturated carbocycles. The Morgan fingerprint density at radius 2 is 1.79 bits per heavy atom. The summed E-state index contributed by atoms with van der Waals surface area (Å²) in [6.45, 7) is 2.31. The van der Waals surface area contributed by atoms with E-state index in [1.54, 1.807) is 22.7 Å². The number of hydrogen-bond acceptors (Lipinski definition) is 4. The average molecular weight is 528 g/mol. The number of aliphatic carboxylic acids is 1. The molecule has 34 heavy (non-hydrogen) atoms. The Bertz CT molecular complexity index is 926. The quantitative estimate of drug-likeness (QED) is 0.344. The molecular formula is C25H32Cl2N2O4S. The van der Waals surface area contributed by atoms with Crippen LogP contribution in [0.25, 0.3) is 6.08 Å². The van der Waals surface area contributed by atoms with Crippen LogP contribution < -0.4 is 5.32 Å². The van der Waals surface area contributed by atoms with E-state index >= 15 is 0 Å². The van der Waals surface area contributed by atoms with Gasteiger partial charge in [0.1, 0.15) is 6.04 Å². The number of carboxylic acids is 1. The Kier molecular flexibility index (Phi) is 10.2. The highest BCUT2D eigenvalue weighted by Crippen LogP contribution is 2.38. The molecule has 1 aliphatic heterocycles. The zero-order chi connectivity index (χ0) is 24.7. The number of rotatable bonds is 8. The fourth-order valence-corrected chi connectivity index (χ4v) is 6.13. The van der Waals surface area contributed by atoms with Crippen LogP contribution in [-0.2, 0) is 14.4 Å². The highest BCUT2D eigenvalue weighted by molar-refractivity contribution is 7.99. The number of benzene rings is 1. The van der Waals surface area contributed by atoms with E-state index in [1.807, 2.05) is 12.1 Å². The van der Waals surface area contributed by atoms with E-state index < -0.39 is 12.0 Å². The number of thioether (sulfide) groups is 1. The summed E-state index contributed by atoms with van der Waals surface area (Å²) in [7, 11) is 0. The normalized spacial score (nSPS) is 18.7. The SMILES string of the molecule is C[C@H](NC(=O)C1CCN(C(=O)/C=C/c2ccc(SCC3CCCCC3)c(Cl)c2Cl)CC1)C(=O)O. The fourth-order valence-electron chi connectivity index (χ4n) is 4.37. The lowest BCUT2D eigenvalue weighted by Gasteiger charge is -2.31. The monoisotopic (exact) mass is 526 g/mol. The molecule has 2 fully saturated rings. The number of piperidine rings is 1. The molecule has 0 bridgehead atoms. The van der Waals surface area contributed by atoms with E-state index in [0.717, 1.165) is 16.6 Å². The van der Waals surface area contributed by atoms with Gasteiger partial charge in [0.15, 0.2) is 0 Å². The second-order valence-corrected chi connectivity index (χ2v) is 10.9. The van der Waals surface area contributed by atoms with Gasteiger partial charge in [-0.05, 0) is 56.2 Å². The van der Waals surface area contributed by atoms with E-state index in [9.17, 15) is 14.4 Å². The van der Waals surface area contributed by atoms with Crippen molar-refractivity contribution >= 4 is 58.8 Å². The molecular weight excluding hydrogens is 495 g/mol. The molecule has 186 valence electrons. The molecule has 1 atom stereocenters. The predicted octanol–water partition coefficient (Wildman–Crippen LogP) is 5.51. The van der Waals surface area contributed by atoms with Crippen LogP contribution in [0.2, 0.25) is 10.0 Å². The van der Waals surface area contributed by atoms with Gasteiger partial charge in [0, 0.05) is 35.7 Å². The molecule has 0 unspecified atom stereocenters. The number of nitrogens with one attached hydrogen (secondary N) is 1. The Morgan fingerprint density at radius 1 is 1.12 bits per heavy atom. The first-order valence-corrected chi connectivity index (χ1v) is 13.6. The number of nitrogens with zero attached hydrogens (tertiary/aromatic N) is 1. The minimum atomic E-state index is -1.07. The van der Waals surface area contributed by atoms with Gasteiger partial charge in [0.25, 0.3) is 0 Å². The fraction of sp³-hybridized carbons (Fsp3) is 0.560. The van der Waals surface area contributed by atoms with Gasteiger partial charge < -0.3 is 15.3 Å². The van der Waals surface area contributed by atoms with Crippen LogP contribution in [0.1, 0.15) is 57.4 Å². The molecule has 1 heterocycles. The summed E-state index contributed by atoms with van der Waals surface area (Å²) in [6, 6.07) is 2.93. The lowest BCUT2D eigenvalue weighted by Crippen LogP contribution is -2.46. The maximum Gasteiger partial charge on any atom is 0.325 e. The van der Waals surface area contributed by atoms with Gasteiger partial charge in [0.05, 0.1) is 10.0 Å². The number of carbonyl (C=O) groups is 3. The van der Waals surface area contributed by atoms with Crippen LogP contribution in [0.4, 0.5) is 0 Å². The molecule has 0 aromatic heterocycles. The van der Waals surface area contributed by atoms with Crippen molar-refractivity contribution in [3.63, 3.8) is 0 Å². The Morgan fingerprint density at radius 3 is 2.44 bits per heavy atom. The number of halogens is 2. The minimum absolute atomic E-state index is 0.152. The minimum Gasteiger partial charge on any atom is -0.480 e. The molecule has 0 radical (unpaired) electrons. The number of hydrogen-bond donors (Lipinski definition) is 2. The molecule has 9 heteroatoms. The second-order valence-electron chi connectivity index (χ2n) is 9.10. The van der Waals surface area contributed by atoms with E-state index in [-0.39, 0.29) is 17.7 Å². The first-order valence-electron chi connectivity index (χ1n) is 11.9. The summed E-state index contributed by atoms with van der Waals surface area (Å²) in [4.78, 5) is 38.4. The summed E-state index contributed by atoms with van der Waals surface area (Å²) in [5.41, 5.74) is 0.693. The summed E-state index contributed by atoms with van der Waals surface area (Å²) in [6.07, 6.45) is 10.7. The van der Waals surface area contributed by atoms with E-state index in [1.165, 1.54) is 45.1 Å².